The van der Waals surface area contributed by atoms with Gasteiger partial charge in [-0.3, -0.25) is 0 Å². The standard InChI is InChI=1S/C9H8BrF3N2/c10-5-6-1-3-7(4-2-6)8(14-15-8)9(11,12)13/h1-4,14-15H,5H2. The third-order valence-electron chi connectivity index (χ3n) is 2.34. The van der Waals surface area contributed by atoms with Gasteiger partial charge in [0, 0.05) is 5.33 Å². The van der Waals surface area contributed by atoms with E-state index < -0.39 is 11.8 Å². The molecule has 0 aromatic heterocycles. The normalized spacial score (nSPS) is 18.9. The molecule has 0 radical (unpaired) electrons. The largest absolute Gasteiger partial charge is 0.426 e. The van der Waals surface area contributed by atoms with Crippen LogP contribution in [0, 0.1) is 0 Å². The molecule has 15 heavy (non-hydrogen) atoms. The summed E-state index contributed by atoms with van der Waals surface area (Å²) in [5.41, 5.74) is 3.39. The molecule has 6 heteroatoms. The van der Waals surface area contributed by atoms with E-state index in [0.29, 0.717) is 5.33 Å². The Morgan fingerprint density at radius 1 is 1.13 bits per heavy atom. The Bertz CT molecular complexity index is 357. The molecule has 0 saturated carbocycles. The Balaban J connectivity index is 2.30. The van der Waals surface area contributed by atoms with Crippen LogP contribution in [0.1, 0.15) is 11.1 Å². The number of alkyl halides is 4. The van der Waals surface area contributed by atoms with Gasteiger partial charge in [-0.05, 0) is 11.1 Å². The molecule has 2 rings (SSSR count). The first-order valence-electron chi connectivity index (χ1n) is 4.26. The monoisotopic (exact) mass is 280 g/mol. The molecular formula is C9H8BrF3N2. The number of halogens is 4. The highest BCUT2D eigenvalue weighted by Crippen LogP contribution is 2.41. The lowest BCUT2D eigenvalue weighted by atomic mass is 10.0. The van der Waals surface area contributed by atoms with E-state index in [0.717, 1.165) is 5.56 Å². The van der Waals surface area contributed by atoms with Gasteiger partial charge < -0.3 is 0 Å². The van der Waals surface area contributed by atoms with Crippen molar-refractivity contribution in [3.63, 3.8) is 0 Å². The minimum absolute atomic E-state index is 0.180. The Kier molecular flexibility index (Phi) is 2.52. The zero-order chi connectivity index (χ0) is 11.1. The number of hydrazine groups is 1. The van der Waals surface area contributed by atoms with E-state index in [1.54, 1.807) is 12.1 Å². The molecule has 1 saturated heterocycles. The van der Waals surface area contributed by atoms with Crippen LogP contribution in [0.25, 0.3) is 0 Å². The van der Waals surface area contributed by atoms with Gasteiger partial charge in [-0.25, -0.2) is 10.9 Å². The summed E-state index contributed by atoms with van der Waals surface area (Å²) in [6, 6.07) is 6.27. The number of hydrogen-bond acceptors (Lipinski definition) is 2. The van der Waals surface area contributed by atoms with Crippen LogP contribution in [0.15, 0.2) is 24.3 Å². The quantitative estimate of drug-likeness (QED) is 0.645. The van der Waals surface area contributed by atoms with Crippen molar-refractivity contribution in [2.45, 2.75) is 17.2 Å². The Labute approximate surface area is 93.0 Å². The van der Waals surface area contributed by atoms with Crippen molar-refractivity contribution in [3.05, 3.63) is 35.4 Å². The second-order valence-electron chi connectivity index (χ2n) is 3.33. The summed E-state index contributed by atoms with van der Waals surface area (Å²) in [6.45, 7) is 0. The molecule has 0 atom stereocenters. The lowest BCUT2D eigenvalue weighted by Crippen LogP contribution is -2.34. The van der Waals surface area contributed by atoms with Gasteiger partial charge in [0.15, 0.2) is 0 Å². The van der Waals surface area contributed by atoms with Gasteiger partial charge in [-0.15, -0.1) is 0 Å². The van der Waals surface area contributed by atoms with E-state index in [1.165, 1.54) is 12.1 Å². The van der Waals surface area contributed by atoms with Crippen molar-refractivity contribution in [2.24, 2.45) is 0 Å². The molecule has 1 aliphatic heterocycles. The summed E-state index contributed by atoms with van der Waals surface area (Å²) in [5, 5.41) is 0.632. The fourth-order valence-electron chi connectivity index (χ4n) is 1.36. The molecule has 82 valence electrons. The van der Waals surface area contributed by atoms with Crippen LogP contribution in [0.5, 0.6) is 0 Å². The van der Waals surface area contributed by atoms with Gasteiger partial charge in [-0.2, -0.15) is 13.2 Å². The summed E-state index contributed by atoms with van der Waals surface area (Å²) < 4.78 is 37.9. The van der Waals surface area contributed by atoms with Crippen LogP contribution < -0.4 is 10.9 Å². The average Bonchev–Trinajstić information content (AvgIpc) is 2.98. The summed E-state index contributed by atoms with van der Waals surface area (Å²) in [5.74, 6) is 0. The molecule has 0 spiro atoms. The number of benzene rings is 1. The molecule has 1 aromatic carbocycles. The van der Waals surface area contributed by atoms with Crippen LogP contribution in [0.2, 0.25) is 0 Å². The second-order valence-corrected chi connectivity index (χ2v) is 3.89. The molecule has 2 nitrogen and oxygen atoms in total. The summed E-state index contributed by atoms with van der Waals surface area (Å²) in [4.78, 5) is 0. The van der Waals surface area contributed by atoms with Gasteiger partial charge in [0.25, 0.3) is 0 Å². The van der Waals surface area contributed by atoms with Gasteiger partial charge in [0.1, 0.15) is 0 Å². The highest BCUT2D eigenvalue weighted by Gasteiger charge is 2.65. The number of hydrogen-bond donors (Lipinski definition) is 2. The van der Waals surface area contributed by atoms with Crippen molar-refractivity contribution in [3.8, 4) is 0 Å². The van der Waals surface area contributed by atoms with E-state index in [9.17, 15) is 13.2 Å². The average molecular weight is 281 g/mol. The van der Waals surface area contributed by atoms with Gasteiger partial charge in [-0.1, -0.05) is 40.2 Å². The Hall–Kier alpha value is -0.590. The predicted molar refractivity (Wildman–Crippen MR) is 53.1 cm³/mol. The zero-order valence-corrected chi connectivity index (χ0v) is 9.11. The fraction of sp³-hybridized carbons (Fsp3) is 0.333. The third kappa shape index (κ3) is 1.77. The topological polar surface area (TPSA) is 43.9 Å². The smallest absolute Gasteiger partial charge is 0.223 e. The maximum atomic E-state index is 12.6. The number of rotatable bonds is 2. The van der Waals surface area contributed by atoms with Gasteiger partial charge >= 0.3 is 6.18 Å². The minimum Gasteiger partial charge on any atom is -0.223 e. The molecule has 1 aliphatic rings. The molecule has 1 heterocycles. The lowest BCUT2D eigenvalue weighted by molar-refractivity contribution is -0.165. The second kappa shape index (κ2) is 3.47. The Morgan fingerprint density at radius 3 is 2.00 bits per heavy atom. The van der Waals surface area contributed by atoms with E-state index in [-0.39, 0.29) is 5.56 Å². The first kappa shape index (κ1) is 10.9. The van der Waals surface area contributed by atoms with Gasteiger partial charge in [0.2, 0.25) is 5.66 Å². The summed E-state index contributed by atoms with van der Waals surface area (Å²) in [7, 11) is 0. The van der Waals surface area contributed by atoms with E-state index >= 15 is 0 Å². The van der Waals surface area contributed by atoms with Crippen LogP contribution in [-0.2, 0) is 11.0 Å². The molecule has 2 N–H and O–H groups in total. The lowest BCUT2D eigenvalue weighted by Gasteiger charge is -2.16. The van der Waals surface area contributed by atoms with Crippen LogP contribution in [0.3, 0.4) is 0 Å². The molecule has 0 amide bonds. The first-order chi connectivity index (χ1) is 6.99. The fourth-order valence-corrected chi connectivity index (χ4v) is 1.73. The highest BCUT2D eigenvalue weighted by molar-refractivity contribution is 9.08. The van der Waals surface area contributed by atoms with Crippen LogP contribution in [0.4, 0.5) is 13.2 Å². The molecule has 1 aromatic rings. The maximum absolute atomic E-state index is 12.6. The third-order valence-corrected chi connectivity index (χ3v) is 2.99. The number of nitrogens with one attached hydrogen (secondary N) is 2. The molecule has 0 unspecified atom stereocenters. The van der Waals surface area contributed by atoms with E-state index in [1.807, 2.05) is 0 Å². The van der Waals surface area contributed by atoms with E-state index in [2.05, 4.69) is 26.8 Å². The summed E-state index contributed by atoms with van der Waals surface area (Å²) >= 11 is 3.23. The first-order valence-corrected chi connectivity index (χ1v) is 5.38. The highest BCUT2D eigenvalue weighted by atomic mass is 79.9. The molecule has 0 bridgehead atoms. The minimum atomic E-state index is -4.33. The van der Waals surface area contributed by atoms with Gasteiger partial charge in [0.05, 0.1) is 0 Å². The molecular weight excluding hydrogens is 273 g/mol. The van der Waals surface area contributed by atoms with Crippen LogP contribution in [-0.4, -0.2) is 6.18 Å². The van der Waals surface area contributed by atoms with Crippen molar-refractivity contribution >= 4 is 15.9 Å². The molecule has 1 fully saturated rings. The van der Waals surface area contributed by atoms with Crippen molar-refractivity contribution < 1.29 is 13.2 Å². The maximum Gasteiger partial charge on any atom is 0.426 e. The van der Waals surface area contributed by atoms with Crippen molar-refractivity contribution in [2.75, 3.05) is 0 Å². The van der Waals surface area contributed by atoms with Crippen molar-refractivity contribution in [1.82, 2.24) is 10.9 Å². The zero-order valence-electron chi connectivity index (χ0n) is 7.53. The predicted octanol–water partition coefficient (Wildman–Crippen LogP) is 2.40. The Morgan fingerprint density at radius 2 is 1.67 bits per heavy atom. The summed E-state index contributed by atoms with van der Waals surface area (Å²) in [6.07, 6.45) is -4.33. The SMILES string of the molecule is FC(F)(F)C1(c2ccc(CBr)cc2)NN1. The van der Waals surface area contributed by atoms with Crippen molar-refractivity contribution in [1.29, 1.82) is 0 Å². The van der Waals surface area contributed by atoms with Crippen LogP contribution >= 0.6 is 15.9 Å². The van der Waals surface area contributed by atoms with E-state index in [4.69, 9.17) is 0 Å². The molecule has 0 aliphatic carbocycles.